The van der Waals surface area contributed by atoms with E-state index in [-0.39, 0.29) is 5.41 Å². The Balaban J connectivity index is 1.25. The third-order valence-corrected chi connectivity index (χ3v) is 9.87. The number of para-hydroxylation sites is 1. The first-order chi connectivity index (χ1) is 23.6. The molecule has 2 heterocycles. The van der Waals surface area contributed by atoms with E-state index >= 15 is 0 Å². The van der Waals surface area contributed by atoms with Crippen LogP contribution in [-0.2, 0) is 5.41 Å². The summed E-state index contributed by atoms with van der Waals surface area (Å²) in [6.45, 7) is 4.69. The second-order valence-electron chi connectivity index (χ2n) is 13.2. The smallest absolute Gasteiger partial charge is 0.164 e. The van der Waals surface area contributed by atoms with Gasteiger partial charge in [0.2, 0.25) is 0 Å². The highest BCUT2D eigenvalue weighted by Crippen LogP contribution is 2.51. The highest BCUT2D eigenvalue weighted by Gasteiger charge is 2.36. The molecular weight excluding hydrogens is 585 g/mol. The molecule has 0 radical (unpaired) electrons. The van der Waals surface area contributed by atoms with Gasteiger partial charge in [-0.1, -0.05) is 129 Å². The maximum atomic E-state index is 5.08. The molecule has 0 saturated carbocycles. The highest BCUT2D eigenvalue weighted by molar-refractivity contribution is 6.11. The Morgan fingerprint density at radius 1 is 0.562 bits per heavy atom. The number of benzene rings is 5. The van der Waals surface area contributed by atoms with E-state index in [4.69, 9.17) is 15.0 Å². The number of hydrogen-bond donors (Lipinski definition) is 0. The van der Waals surface area contributed by atoms with Crippen LogP contribution in [0.4, 0.5) is 0 Å². The lowest BCUT2D eigenvalue weighted by atomic mass is 9.82. The lowest BCUT2D eigenvalue weighted by molar-refractivity contribution is 0.661. The fourth-order valence-electron chi connectivity index (χ4n) is 7.45. The van der Waals surface area contributed by atoms with Gasteiger partial charge in [-0.05, 0) is 65.4 Å². The summed E-state index contributed by atoms with van der Waals surface area (Å²) < 4.78 is 2.40. The van der Waals surface area contributed by atoms with E-state index in [9.17, 15) is 0 Å². The monoisotopic (exact) mass is 618 g/mol. The van der Waals surface area contributed by atoms with Crippen molar-refractivity contribution in [2.75, 3.05) is 0 Å². The maximum Gasteiger partial charge on any atom is 0.164 e. The summed E-state index contributed by atoms with van der Waals surface area (Å²) >= 11 is 0. The van der Waals surface area contributed by atoms with E-state index < -0.39 is 0 Å². The second kappa shape index (κ2) is 11.1. The number of rotatable bonds is 4. The molecule has 7 aromatic rings. The highest BCUT2D eigenvalue weighted by atomic mass is 15.0. The van der Waals surface area contributed by atoms with Crippen molar-refractivity contribution in [3.63, 3.8) is 0 Å². The van der Waals surface area contributed by atoms with Gasteiger partial charge in [-0.15, -0.1) is 0 Å². The third-order valence-electron chi connectivity index (χ3n) is 9.87. The van der Waals surface area contributed by atoms with Gasteiger partial charge in [0.05, 0.1) is 11.0 Å². The molecule has 2 aliphatic rings. The van der Waals surface area contributed by atoms with Crippen molar-refractivity contribution < 1.29 is 0 Å². The van der Waals surface area contributed by atoms with E-state index in [1.807, 2.05) is 18.2 Å². The van der Waals surface area contributed by atoms with E-state index in [0.29, 0.717) is 17.5 Å². The summed E-state index contributed by atoms with van der Waals surface area (Å²) in [4.78, 5) is 15.1. The molecule has 4 heteroatoms. The average molecular weight is 619 g/mol. The maximum absolute atomic E-state index is 5.08. The van der Waals surface area contributed by atoms with Crippen LogP contribution < -0.4 is 0 Å². The molecule has 230 valence electrons. The molecule has 0 spiro atoms. The first kappa shape index (κ1) is 28.4. The van der Waals surface area contributed by atoms with Crippen LogP contribution in [0.5, 0.6) is 0 Å². The molecule has 2 aromatic heterocycles. The van der Waals surface area contributed by atoms with Crippen molar-refractivity contribution in [3.8, 4) is 39.6 Å². The topological polar surface area (TPSA) is 43.6 Å². The molecule has 0 atom stereocenters. The summed E-state index contributed by atoms with van der Waals surface area (Å²) in [7, 11) is 0. The van der Waals surface area contributed by atoms with Crippen LogP contribution in [0.25, 0.3) is 67.0 Å². The van der Waals surface area contributed by atoms with Crippen LogP contribution in [0.3, 0.4) is 0 Å². The van der Waals surface area contributed by atoms with Gasteiger partial charge in [0.15, 0.2) is 17.5 Å². The largest absolute Gasteiger partial charge is 0.309 e. The Kier molecular flexibility index (Phi) is 6.58. The lowest BCUT2D eigenvalue weighted by Crippen LogP contribution is -2.14. The number of fused-ring (bicyclic) bond motifs is 6. The number of nitrogens with zero attached hydrogens (tertiary/aromatic N) is 4. The van der Waals surface area contributed by atoms with E-state index in [2.05, 4.69) is 146 Å². The van der Waals surface area contributed by atoms with Gasteiger partial charge in [0.25, 0.3) is 0 Å². The Labute approximate surface area is 280 Å². The predicted octanol–water partition coefficient (Wildman–Crippen LogP) is 10.9. The first-order valence-corrected chi connectivity index (χ1v) is 16.7. The van der Waals surface area contributed by atoms with Crippen molar-refractivity contribution in [2.24, 2.45) is 0 Å². The Morgan fingerprint density at radius 3 is 2.19 bits per heavy atom. The summed E-state index contributed by atoms with van der Waals surface area (Å²) in [6, 6.07) is 41.2. The van der Waals surface area contributed by atoms with Gasteiger partial charge in [0.1, 0.15) is 0 Å². The first-order valence-electron chi connectivity index (χ1n) is 16.7. The fourth-order valence-corrected chi connectivity index (χ4v) is 7.45. The molecule has 48 heavy (non-hydrogen) atoms. The van der Waals surface area contributed by atoms with E-state index in [0.717, 1.165) is 35.2 Å². The van der Waals surface area contributed by atoms with Crippen LogP contribution in [0.15, 0.2) is 146 Å². The molecule has 0 saturated heterocycles. The minimum atomic E-state index is -0.0896. The minimum Gasteiger partial charge on any atom is -0.309 e. The van der Waals surface area contributed by atoms with Crippen LogP contribution >= 0.6 is 0 Å². The van der Waals surface area contributed by atoms with Gasteiger partial charge < -0.3 is 4.57 Å². The summed E-state index contributed by atoms with van der Waals surface area (Å²) in [5.41, 5.74) is 11.7. The quantitative estimate of drug-likeness (QED) is 0.197. The lowest BCUT2D eigenvalue weighted by Gasteiger charge is -2.21. The van der Waals surface area contributed by atoms with E-state index in [1.165, 1.54) is 44.1 Å². The second-order valence-corrected chi connectivity index (χ2v) is 13.2. The van der Waals surface area contributed by atoms with Gasteiger partial charge in [0, 0.05) is 38.6 Å². The van der Waals surface area contributed by atoms with Gasteiger partial charge in [-0.2, -0.15) is 0 Å². The van der Waals surface area contributed by atoms with Gasteiger partial charge in [-0.3, -0.25) is 0 Å². The SMILES string of the molecule is CC1(C)c2ccccc2-c2cc3c4ccccc4n(-c4cccc(-c5nc(C6=C/C=C\CC/C=C\6)nc(-c6ccccc6)n5)c4)c3cc21. The number of hydrogen-bond acceptors (Lipinski definition) is 3. The normalized spacial score (nSPS) is 17.2. The summed E-state index contributed by atoms with van der Waals surface area (Å²) in [5, 5.41) is 2.50. The molecule has 0 unspecified atom stereocenters. The van der Waals surface area contributed by atoms with Crippen molar-refractivity contribution in [2.45, 2.75) is 32.1 Å². The average Bonchev–Trinajstić information content (AvgIpc) is 3.55. The van der Waals surface area contributed by atoms with Crippen LogP contribution in [-0.4, -0.2) is 19.5 Å². The molecular formula is C44H34N4. The molecule has 2 aliphatic carbocycles. The standard InChI is InChI=1S/C44H34N4/c1-44(2)37-24-13-11-22-33(37)35-27-36-34-23-12-14-25-39(34)48(40(36)28-38(35)44)32-21-15-20-31(26-32)43-46-41(29-16-7-4-3-5-8-17-29)45-42(47-43)30-18-9-6-10-19-30/h4,6-28H,3,5H2,1-2H3/b7-4-,17-8-,29-16+. The zero-order chi connectivity index (χ0) is 32.2. The molecule has 0 bridgehead atoms. The van der Waals surface area contributed by atoms with Crippen molar-refractivity contribution in [1.29, 1.82) is 0 Å². The van der Waals surface area contributed by atoms with Gasteiger partial charge in [-0.25, -0.2) is 15.0 Å². The number of allylic oxidation sites excluding steroid dienone is 6. The summed E-state index contributed by atoms with van der Waals surface area (Å²) in [5.74, 6) is 1.98. The van der Waals surface area contributed by atoms with E-state index in [1.54, 1.807) is 0 Å². The summed E-state index contributed by atoms with van der Waals surface area (Å²) in [6.07, 6.45) is 12.7. The molecule has 9 rings (SSSR count). The van der Waals surface area contributed by atoms with Crippen LogP contribution in [0, 0.1) is 0 Å². The molecule has 0 aliphatic heterocycles. The fraction of sp³-hybridized carbons (Fsp3) is 0.114. The van der Waals surface area contributed by atoms with Crippen molar-refractivity contribution >= 4 is 27.4 Å². The molecule has 0 fully saturated rings. The molecule has 0 amide bonds. The van der Waals surface area contributed by atoms with Crippen molar-refractivity contribution in [3.05, 3.63) is 163 Å². The molecule has 0 N–H and O–H groups in total. The zero-order valence-corrected chi connectivity index (χ0v) is 27.1. The number of aromatic nitrogens is 4. The molecule has 4 nitrogen and oxygen atoms in total. The predicted molar refractivity (Wildman–Crippen MR) is 198 cm³/mol. The van der Waals surface area contributed by atoms with Crippen LogP contribution in [0.2, 0.25) is 0 Å². The minimum absolute atomic E-state index is 0.0896. The third kappa shape index (κ3) is 4.56. The molecule has 5 aromatic carbocycles. The Morgan fingerprint density at radius 2 is 1.29 bits per heavy atom. The Hall–Kier alpha value is -5.87. The zero-order valence-electron chi connectivity index (χ0n) is 27.1. The van der Waals surface area contributed by atoms with Crippen molar-refractivity contribution in [1.82, 2.24) is 19.5 Å². The Bertz CT molecular complexity index is 2480. The van der Waals surface area contributed by atoms with Crippen LogP contribution in [0.1, 0.15) is 43.6 Å². The van der Waals surface area contributed by atoms with Gasteiger partial charge >= 0.3 is 0 Å².